The van der Waals surface area contributed by atoms with Gasteiger partial charge in [0.05, 0.1) is 0 Å². The van der Waals surface area contributed by atoms with E-state index in [1.807, 2.05) is 29.2 Å². The molecule has 1 amide bonds. The number of nitrogens with one attached hydrogen (secondary N) is 2. The summed E-state index contributed by atoms with van der Waals surface area (Å²) in [6.45, 7) is 1.62. The second-order valence-corrected chi connectivity index (χ2v) is 7.73. The minimum atomic E-state index is 0.203. The van der Waals surface area contributed by atoms with E-state index in [0.717, 1.165) is 43.7 Å². The summed E-state index contributed by atoms with van der Waals surface area (Å²) < 4.78 is 0. The normalized spacial score (nSPS) is 13.7. The summed E-state index contributed by atoms with van der Waals surface area (Å²) >= 11 is 5.42. The number of thiocarbonyl (C=S) groups is 1. The molecule has 3 aromatic carbocycles. The second kappa shape index (κ2) is 9.05. The molecule has 1 heterocycles. The molecule has 1 saturated heterocycles. The topological polar surface area (TPSA) is 44.4 Å². The minimum Gasteiger partial charge on any atom is -0.362 e. The minimum absolute atomic E-state index is 0.203. The predicted octanol–water partition coefficient (Wildman–Crippen LogP) is 4.89. The van der Waals surface area contributed by atoms with Crippen LogP contribution in [0.4, 0.5) is 11.4 Å². The van der Waals surface area contributed by atoms with Crippen molar-refractivity contribution in [3.8, 4) is 0 Å². The molecule has 1 fully saturated rings. The number of hydrogen-bond donors (Lipinski definition) is 2. The summed E-state index contributed by atoms with van der Waals surface area (Å²) in [4.78, 5) is 13.7. The lowest BCUT2D eigenvalue weighted by molar-refractivity contribution is -0.117. The van der Waals surface area contributed by atoms with Crippen molar-refractivity contribution in [1.82, 2.24) is 5.32 Å². The van der Waals surface area contributed by atoms with Crippen molar-refractivity contribution in [3.63, 3.8) is 0 Å². The van der Waals surface area contributed by atoms with Crippen LogP contribution in [0.5, 0.6) is 0 Å². The van der Waals surface area contributed by atoms with Gasteiger partial charge in [-0.25, -0.2) is 0 Å². The number of nitrogens with zero attached hydrogens (tertiary/aromatic N) is 1. The Bertz CT molecular complexity index is 1010. The Labute approximate surface area is 176 Å². The fourth-order valence-corrected chi connectivity index (χ4v) is 4.03. The van der Waals surface area contributed by atoms with Crippen LogP contribution in [0.2, 0.25) is 0 Å². The zero-order chi connectivity index (χ0) is 20.1. The van der Waals surface area contributed by atoms with Crippen molar-refractivity contribution in [3.05, 3.63) is 72.3 Å². The molecule has 0 radical (unpaired) electrons. The third kappa shape index (κ3) is 4.74. The highest BCUT2D eigenvalue weighted by Gasteiger charge is 2.21. The number of fused-ring (bicyclic) bond motifs is 1. The van der Waals surface area contributed by atoms with Gasteiger partial charge in [-0.05, 0) is 72.1 Å². The lowest BCUT2D eigenvalue weighted by Gasteiger charge is -2.16. The van der Waals surface area contributed by atoms with E-state index in [1.165, 1.54) is 16.3 Å². The average Bonchev–Trinajstić information content (AvgIpc) is 3.18. The first kappa shape index (κ1) is 19.4. The Balaban J connectivity index is 1.24. The summed E-state index contributed by atoms with van der Waals surface area (Å²) in [6.07, 6.45) is 3.60. The smallest absolute Gasteiger partial charge is 0.227 e. The maximum Gasteiger partial charge on any atom is 0.227 e. The van der Waals surface area contributed by atoms with Gasteiger partial charge in [-0.1, -0.05) is 42.5 Å². The lowest BCUT2D eigenvalue weighted by Crippen LogP contribution is -2.29. The molecule has 0 aromatic heterocycles. The molecule has 29 heavy (non-hydrogen) atoms. The van der Waals surface area contributed by atoms with E-state index < -0.39 is 0 Å². The van der Waals surface area contributed by atoms with Gasteiger partial charge in [-0.3, -0.25) is 4.79 Å². The number of rotatable bonds is 6. The van der Waals surface area contributed by atoms with Gasteiger partial charge in [0.15, 0.2) is 5.11 Å². The summed E-state index contributed by atoms with van der Waals surface area (Å²) in [6, 6.07) is 22.8. The van der Waals surface area contributed by atoms with Crippen molar-refractivity contribution in [2.24, 2.45) is 0 Å². The van der Waals surface area contributed by atoms with Crippen LogP contribution < -0.4 is 15.5 Å². The van der Waals surface area contributed by atoms with E-state index in [0.29, 0.717) is 11.5 Å². The molecule has 1 aliphatic heterocycles. The molecule has 4 nitrogen and oxygen atoms in total. The number of aryl methyl sites for hydroxylation is 1. The van der Waals surface area contributed by atoms with Gasteiger partial charge in [-0.15, -0.1) is 0 Å². The number of carbonyl (C=O) groups is 1. The van der Waals surface area contributed by atoms with Gasteiger partial charge < -0.3 is 15.5 Å². The Hall–Kier alpha value is -2.92. The molecule has 2 N–H and O–H groups in total. The highest BCUT2D eigenvalue weighted by Crippen LogP contribution is 2.23. The maximum atomic E-state index is 11.8. The first-order valence-corrected chi connectivity index (χ1v) is 10.5. The van der Waals surface area contributed by atoms with Crippen LogP contribution in [0.15, 0.2) is 66.7 Å². The van der Waals surface area contributed by atoms with Gasteiger partial charge >= 0.3 is 0 Å². The molecular weight excluding hydrogens is 378 g/mol. The van der Waals surface area contributed by atoms with Crippen molar-refractivity contribution in [1.29, 1.82) is 0 Å². The van der Waals surface area contributed by atoms with Gasteiger partial charge in [0.2, 0.25) is 5.91 Å². The molecule has 0 aliphatic carbocycles. The fourth-order valence-electron chi connectivity index (χ4n) is 3.81. The molecule has 0 spiro atoms. The zero-order valence-electron chi connectivity index (χ0n) is 16.4. The molecular formula is C24H25N3OS. The van der Waals surface area contributed by atoms with E-state index in [1.54, 1.807) is 0 Å². The van der Waals surface area contributed by atoms with E-state index in [4.69, 9.17) is 12.2 Å². The number of anilines is 2. The van der Waals surface area contributed by atoms with Gasteiger partial charge in [0.25, 0.3) is 0 Å². The van der Waals surface area contributed by atoms with Crippen LogP contribution in [-0.4, -0.2) is 24.1 Å². The first-order valence-electron chi connectivity index (χ1n) is 10.1. The number of benzene rings is 3. The molecule has 0 atom stereocenters. The van der Waals surface area contributed by atoms with Gasteiger partial charge in [0.1, 0.15) is 0 Å². The van der Waals surface area contributed by atoms with E-state index in [9.17, 15) is 4.79 Å². The van der Waals surface area contributed by atoms with Crippen LogP contribution in [0, 0.1) is 0 Å². The summed E-state index contributed by atoms with van der Waals surface area (Å²) in [7, 11) is 0. The third-order valence-electron chi connectivity index (χ3n) is 5.30. The SMILES string of the molecule is O=C1CCCN1c1ccc(NC(=S)NCCCc2cccc3ccccc23)cc1. The second-order valence-electron chi connectivity index (χ2n) is 7.32. The van der Waals surface area contributed by atoms with Crippen LogP contribution in [0.25, 0.3) is 10.8 Å². The van der Waals surface area contributed by atoms with Crippen molar-refractivity contribution < 1.29 is 4.79 Å². The largest absolute Gasteiger partial charge is 0.362 e. The number of amides is 1. The summed E-state index contributed by atoms with van der Waals surface area (Å²) in [5.41, 5.74) is 3.25. The predicted molar refractivity (Wildman–Crippen MR) is 125 cm³/mol. The van der Waals surface area contributed by atoms with E-state index in [-0.39, 0.29) is 5.91 Å². The average molecular weight is 404 g/mol. The Morgan fingerprint density at radius 3 is 2.59 bits per heavy atom. The third-order valence-corrected chi connectivity index (χ3v) is 5.55. The van der Waals surface area contributed by atoms with Gasteiger partial charge in [0, 0.05) is 30.9 Å². The summed E-state index contributed by atoms with van der Waals surface area (Å²) in [5, 5.41) is 9.73. The highest BCUT2D eigenvalue weighted by atomic mass is 32.1. The van der Waals surface area contributed by atoms with Crippen LogP contribution in [-0.2, 0) is 11.2 Å². The molecule has 148 valence electrons. The molecule has 1 aliphatic rings. The van der Waals surface area contributed by atoms with Gasteiger partial charge in [-0.2, -0.15) is 0 Å². The summed E-state index contributed by atoms with van der Waals surface area (Å²) in [5.74, 6) is 0.203. The molecule has 5 heteroatoms. The van der Waals surface area contributed by atoms with E-state index in [2.05, 4.69) is 53.1 Å². The Morgan fingerprint density at radius 2 is 1.79 bits per heavy atom. The van der Waals surface area contributed by atoms with Crippen molar-refractivity contribution in [2.45, 2.75) is 25.7 Å². The number of carbonyl (C=O) groups excluding carboxylic acids is 1. The zero-order valence-corrected chi connectivity index (χ0v) is 17.2. The standard InChI is InChI=1S/C24H25N3OS/c28-23-11-5-17-27(23)21-14-12-20(13-15-21)26-24(29)25-16-4-9-19-8-3-7-18-6-1-2-10-22(18)19/h1-3,6-8,10,12-15H,4-5,9,11,16-17H2,(H2,25,26,29). The monoisotopic (exact) mass is 403 g/mol. The number of hydrogen-bond acceptors (Lipinski definition) is 2. The van der Waals surface area contributed by atoms with Crippen molar-refractivity contribution in [2.75, 3.05) is 23.3 Å². The van der Waals surface area contributed by atoms with Crippen LogP contribution in [0.3, 0.4) is 0 Å². The Morgan fingerprint density at radius 1 is 1.00 bits per heavy atom. The molecule has 0 bridgehead atoms. The lowest BCUT2D eigenvalue weighted by atomic mass is 10.0. The quantitative estimate of drug-likeness (QED) is 0.455. The van der Waals surface area contributed by atoms with Crippen LogP contribution >= 0.6 is 12.2 Å². The molecule has 4 rings (SSSR count). The fraction of sp³-hybridized carbons (Fsp3) is 0.250. The molecule has 3 aromatic rings. The van der Waals surface area contributed by atoms with E-state index >= 15 is 0 Å². The first-order chi connectivity index (χ1) is 14.2. The molecule has 0 saturated carbocycles. The Kier molecular flexibility index (Phi) is 6.06. The maximum absolute atomic E-state index is 11.8. The molecule has 0 unspecified atom stereocenters. The highest BCUT2D eigenvalue weighted by molar-refractivity contribution is 7.80. The van der Waals surface area contributed by atoms with Crippen LogP contribution in [0.1, 0.15) is 24.8 Å². The van der Waals surface area contributed by atoms with Crippen molar-refractivity contribution >= 4 is 45.4 Å².